The first-order valence-electron chi connectivity index (χ1n) is 11.5. The molecule has 35 heavy (non-hydrogen) atoms. The molecule has 0 amide bonds. The SMILES string of the molecule is COc1nc(Nc2cc(C)cc(-c3cnc(C(C)(O)C4CCC(C(=O)O)C(C)C4)s3)c2)ncc1F. The van der Waals surface area contributed by atoms with Gasteiger partial charge in [-0.3, -0.25) is 4.79 Å². The van der Waals surface area contributed by atoms with Crippen molar-refractivity contribution in [2.75, 3.05) is 12.4 Å². The van der Waals surface area contributed by atoms with E-state index in [1.807, 2.05) is 32.0 Å². The number of halogens is 1. The van der Waals surface area contributed by atoms with Crippen LogP contribution in [0.3, 0.4) is 0 Å². The number of hydrogen-bond acceptors (Lipinski definition) is 8. The smallest absolute Gasteiger partial charge is 0.306 e. The summed E-state index contributed by atoms with van der Waals surface area (Å²) in [5, 5.41) is 24.5. The Bertz CT molecular complexity index is 1230. The van der Waals surface area contributed by atoms with Gasteiger partial charge in [-0.05, 0) is 68.2 Å². The molecule has 4 rings (SSSR count). The second-order valence-corrected chi connectivity index (χ2v) is 10.4. The Morgan fingerprint density at radius 2 is 2.03 bits per heavy atom. The van der Waals surface area contributed by atoms with E-state index in [0.717, 1.165) is 27.9 Å². The summed E-state index contributed by atoms with van der Waals surface area (Å²) in [5.41, 5.74) is 1.46. The third-order valence-electron chi connectivity index (χ3n) is 6.74. The number of carboxylic acids is 1. The van der Waals surface area contributed by atoms with E-state index in [9.17, 15) is 19.4 Å². The molecule has 2 aromatic heterocycles. The molecule has 3 aromatic rings. The minimum Gasteiger partial charge on any atom is -0.481 e. The summed E-state index contributed by atoms with van der Waals surface area (Å²) in [4.78, 5) is 24.9. The summed E-state index contributed by atoms with van der Waals surface area (Å²) >= 11 is 1.42. The zero-order valence-corrected chi connectivity index (χ0v) is 20.9. The van der Waals surface area contributed by atoms with E-state index in [-0.39, 0.29) is 29.6 Å². The van der Waals surface area contributed by atoms with Gasteiger partial charge in [0.1, 0.15) is 10.6 Å². The van der Waals surface area contributed by atoms with Crippen molar-refractivity contribution in [3.63, 3.8) is 0 Å². The van der Waals surface area contributed by atoms with Crippen LogP contribution >= 0.6 is 11.3 Å². The van der Waals surface area contributed by atoms with Crippen LogP contribution < -0.4 is 10.1 Å². The number of aliphatic hydroxyl groups is 1. The van der Waals surface area contributed by atoms with Gasteiger partial charge >= 0.3 is 5.97 Å². The molecular weight excluding hydrogens is 471 g/mol. The van der Waals surface area contributed by atoms with Crippen LogP contribution in [0.5, 0.6) is 5.88 Å². The monoisotopic (exact) mass is 500 g/mol. The van der Waals surface area contributed by atoms with Crippen LogP contribution in [0.2, 0.25) is 0 Å². The summed E-state index contributed by atoms with van der Waals surface area (Å²) in [6.45, 7) is 5.67. The molecule has 0 spiro atoms. The highest BCUT2D eigenvalue weighted by atomic mass is 32.1. The van der Waals surface area contributed by atoms with Gasteiger partial charge in [-0.15, -0.1) is 11.3 Å². The highest BCUT2D eigenvalue weighted by Gasteiger charge is 2.42. The maximum Gasteiger partial charge on any atom is 0.306 e. The number of ether oxygens (including phenoxy) is 1. The number of nitrogens with one attached hydrogen (secondary N) is 1. The maximum absolute atomic E-state index is 13.6. The van der Waals surface area contributed by atoms with Gasteiger partial charge in [-0.2, -0.15) is 9.37 Å². The van der Waals surface area contributed by atoms with Crippen molar-refractivity contribution >= 4 is 28.9 Å². The highest BCUT2D eigenvalue weighted by Crippen LogP contribution is 2.45. The average Bonchev–Trinajstić information content (AvgIpc) is 3.31. The number of nitrogens with zero attached hydrogens (tertiary/aromatic N) is 3. The van der Waals surface area contributed by atoms with Gasteiger partial charge in [0, 0.05) is 11.9 Å². The molecule has 0 saturated heterocycles. The van der Waals surface area contributed by atoms with Gasteiger partial charge in [-0.1, -0.05) is 13.0 Å². The molecule has 8 nitrogen and oxygen atoms in total. The quantitative estimate of drug-likeness (QED) is 0.408. The average molecular weight is 501 g/mol. The van der Waals surface area contributed by atoms with Crippen molar-refractivity contribution < 1.29 is 24.1 Å². The molecule has 1 saturated carbocycles. The van der Waals surface area contributed by atoms with Crippen LogP contribution in [0.1, 0.15) is 43.7 Å². The summed E-state index contributed by atoms with van der Waals surface area (Å²) in [6.07, 6.45) is 4.63. The number of hydrogen-bond donors (Lipinski definition) is 3. The molecule has 4 unspecified atom stereocenters. The second-order valence-electron chi connectivity index (χ2n) is 9.37. The molecule has 186 valence electrons. The lowest BCUT2D eigenvalue weighted by Gasteiger charge is -2.39. The lowest BCUT2D eigenvalue weighted by Crippen LogP contribution is -2.39. The Morgan fingerprint density at radius 1 is 1.26 bits per heavy atom. The van der Waals surface area contributed by atoms with Gasteiger partial charge in [0.05, 0.1) is 24.1 Å². The molecule has 0 aliphatic heterocycles. The van der Waals surface area contributed by atoms with Crippen LogP contribution in [0.4, 0.5) is 16.0 Å². The molecule has 0 bridgehead atoms. The predicted molar refractivity (Wildman–Crippen MR) is 131 cm³/mol. The number of methoxy groups -OCH3 is 1. The first-order valence-corrected chi connectivity index (χ1v) is 12.3. The van der Waals surface area contributed by atoms with E-state index < -0.39 is 17.4 Å². The number of anilines is 2. The fourth-order valence-corrected chi connectivity index (χ4v) is 5.80. The number of thiazole rings is 1. The normalized spacial score (nSPS) is 21.8. The van der Waals surface area contributed by atoms with Gasteiger partial charge in [0.2, 0.25) is 11.8 Å². The number of rotatable bonds is 7. The minimum absolute atomic E-state index is 0.00475. The Kier molecular flexibility index (Phi) is 7.05. The molecule has 3 N–H and O–H groups in total. The van der Waals surface area contributed by atoms with Crippen molar-refractivity contribution in [2.24, 2.45) is 17.8 Å². The summed E-state index contributed by atoms with van der Waals surface area (Å²) in [6, 6.07) is 5.85. The molecule has 1 aliphatic carbocycles. The maximum atomic E-state index is 13.6. The van der Waals surface area contributed by atoms with Crippen LogP contribution in [0, 0.1) is 30.5 Å². The lowest BCUT2D eigenvalue weighted by molar-refractivity contribution is -0.146. The number of aryl methyl sites for hydroxylation is 1. The van der Waals surface area contributed by atoms with Crippen molar-refractivity contribution in [3.8, 4) is 16.3 Å². The Hall–Kier alpha value is -3.11. The van der Waals surface area contributed by atoms with E-state index in [1.165, 1.54) is 18.4 Å². The molecule has 10 heteroatoms. The number of aromatic nitrogens is 3. The van der Waals surface area contributed by atoms with E-state index in [2.05, 4.69) is 20.3 Å². The second kappa shape index (κ2) is 9.87. The van der Waals surface area contributed by atoms with Crippen molar-refractivity contribution in [1.82, 2.24) is 15.0 Å². The molecule has 1 aromatic carbocycles. The zero-order valence-electron chi connectivity index (χ0n) is 20.1. The summed E-state index contributed by atoms with van der Waals surface area (Å²) in [7, 11) is 1.34. The standard InChI is InChI=1S/C25H29FN4O4S/c1-13-7-15(10-17(8-13)29-24-28-11-19(26)21(30-24)34-4)20-12-27-23(35-20)25(3,33)16-5-6-18(22(31)32)14(2)9-16/h7-8,10-12,14,16,18,33H,5-6,9H2,1-4H3,(H,31,32)(H,28,29,30). The van der Waals surface area contributed by atoms with Crippen molar-refractivity contribution in [2.45, 2.75) is 45.6 Å². The first kappa shape index (κ1) is 25.0. The van der Waals surface area contributed by atoms with E-state index in [1.54, 1.807) is 13.1 Å². The van der Waals surface area contributed by atoms with Crippen molar-refractivity contribution in [1.29, 1.82) is 0 Å². The number of carbonyl (C=O) groups is 1. The minimum atomic E-state index is -1.15. The summed E-state index contributed by atoms with van der Waals surface area (Å²) < 4.78 is 18.6. The third-order valence-corrected chi connectivity index (χ3v) is 8.02. The van der Waals surface area contributed by atoms with Gasteiger partial charge in [0.25, 0.3) is 5.88 Å². The van der Waals surface area contributed by atoms with Crippen LogP contribution in [-0.4, -0.2) is 38.2 Å². The molecule has 4 atom stereocenters. The Morgan fingerprint density at radius 3 is 2.71 bits per heavy atom. The number of carboxylic acid groups (broad SMARTS) is 1. The highest BCUT2D eigenvalue weighted by molar-refractivity contribution is 7.15. The van der Waals surface area contributed by atoms with Gasteiger partial charge in [-0.25, -0.2) is 9.97 Å². The largest absolute Gasteiger partial charge is 0.481 e. The fraction of sp³-hybridized carbons (Fsp3) is 0.440. The molecule has 1 fully saturated rings. The topological polar surface area (TPSA) is 117 Å². The van der Waals surface area contributed by atoms with E-state index in [0.29, 0.717) is 24.3 Å². The van der Waals surface area contributed by atoms with Gasteiger partial charge < -0.3 is 20.3 Å². The fourth-order valence-electron chi connectivity index (χ4n) is 4.77. The molecule has 2 heterocycles. The Labute approximate surface area is 207 Å². The zero-order chi connectivity index (χ0) is 25.3. The molecular formula is C25H29FN4O4S. The van der Waals surface area contributed by atoms with Crippen LogP contribution in [0.15, 0.2) is 30.6 Å². The van der Waals surface area contributed by atoms with Gasteiger partial charge in [0.15, 0.2) is 0 Å². The predicted octanol–water partition coefficient (Wildman–Crippen LogP) is 5.14. The van der Waals surface area contributed by atoms with E-state index in [4.69, 9.17) is 4.74 Å². The number of benzene rings is 1. The third kappa shape index (κ3) is 5.28. The van der Waals surface area contributed by atoms with Crippen LogP contribution in [-0.2, 0) is 10.4 Å². The summed E-state index contributed by atoms with van der Waals surface area (Å²) in [5.74, 6) is -1.77. The Balaban J connectivity index is 1.55. The lowest BCUT2D eigenvalue weighted by atomic mass is 9.69. The van der Waals surface area contributed by atoms with Crippen LogP contribution in [0.25, 0.3) is 10.4 Å². The molecule has 0 radical (unpaired) electrons. The first-order chi connectivity index (χ1) is 16.6. The van der Waals surface area contributed by atoms with E-state index >= 15 is 0 Å². The molecule has 1 aliphatic rings. The van der Waals surface area contributed by atoms with Crippen molar-refractivity contribution in [3.05, 3.63) is 47.0 Å². The number of aliphatic carboxylic acids is 1.